The van der Waals surface area contributed by atoms with Crippen LogP contribution < -0.4 is 10.1 Å². The van der Waals surface area contributed by atoms with Crippen molar-refractivity contribution in [2.24, 2.45) is 0 Å². The predicted octanol–water partition coefficient (Wildman–Crippen LogP) is 2.50. The summed E-state index contributed by atoms with van der Waals surface area (Å²) in [6.07, 6.45) is 0.349. The molecule has 0 bridgehead atoms. The van der Waals surface area contributed by atoms with Crippen LogP contribution in [0.1, 0.15) is 24.9 Å². The monoisotopic (exact) mass is 241 g/mol. The SMILES string of the molecule is COc1ccc([C@H](C)NC(=O)CCCl)cc1. The highest BCUT2D eigenvalue weighted by atomic mass is 35.5. The second-order valence-corrected chi connectivity index (χ2v) is 3.88. The first-order valence-electron chi connectivity index (χ1n) is 5.16. The smallest absolute Gasteiger partial charge is 0.221 e. The Hall–Kier alpha value is -1.22. The molecule has 0 aromatic heterocycles. The van der Waals surface area contributed by atoms with Crippen LogP contribution in [0, 0.1) is 0 Å². The zero-order chi connectivity index (χ0) is 12.0. The summed E-state index contributed by atoms with van der Waals surface area (Å²) in [4.78, 5) is 11.3. The number of halogens is 1. The zero-order valence-electron chi connectivity index (χ0n) is 9.50. The summed E-state index contributed by atoms with van der Waals surface area (Å²) in [5.74, 6) is 1.13. The Balaban J connectivity index is 2.58. The summed E-state index contributed by atoms with van der Waals surface area (Å²) in [5, 5.41) is 2.87. The van der Waals surface area contributed by atoms with Crippen molar-refractivity contribution < 1.29 is 9.53 Å². The molecule has 1 atom stereocenters. The molecule has 0 radical (unpaired) electrons. The molecule has 1 N–H and O–H groups in total. The lowest BCUT2D eigenvalue weighted by molar-refractivity contribution is -0.121. The minimum atomic E-state index is -0.0293. The summed E-state index contributed by atoms with van der Waals surface area (Å²) in [7, 11) is 1.63. The maximum atomic E-state index is 11.3. The fourth-order valence-corrected chi connectivity index (χ4v) is 1.55. The Bertz CT molecular complexity index is 337. The van der Waals surface area contributed by atoms with Gasteiger partial charge in [0.15, 0.2) is 0 Å². The standard InChI is InChI=1S/C12H16ClNO2/c1-9(14-12(15)7-8-13)10-3-5-11(16-2)6-4-10/h3-6,9H,7-8H2,1-2H3,(H,14,15)/t9-/m0/s1. The predicted molar refractivity (Wildman–Crippen MR) is 64.9 cm³/mol. The molecule has 0 saturated carbocycles. The number of rotatable bonds is 5. The van der Waals surface area contributed by atoms with Crippen molar-refractivity contribution >= 4 is 17.5 Å². The molecule has 1 amide bonds. The molecule has 16 heavy (non-hydrogen) atoms. The lowest BCUT2D eigenvalue weighted by Gasteiger charge is -2.14. The van der Waals surface area contributed by atoms with Gasteiger partial charge in [-0.15, -0.1) is 11.6 Å². The number of hydrogen-bond acceptors (Lipinski definition) is 2. The van der Waals surface area contributed by atoms with Gasteiger partial charge in [-0.1, -0.05) is 12.1 Å². The highest BCUT2D eigenvalue weighted by Gasteiger charge is 2.08. The molecule has 0 spiro atoms. The molecule has 3 nitrogen and oxygen atoms in total. The number of carbonyl (C=O) groups is 1. The summed E-state index contributed by atoms with van der Waals surface area (Å²) >= 11 is 5.49. The molecule has 0 fully saturated rings. The minimum Gasteiger partial charge on any atom is -0.497 e. The van der Waals surface area contributed by atoms with E-state index in [0.29, 0.717) is 12.3 Å². The molecule has 0 unspecified atom stereocenters. The van der Waals surface area contributed by atoms with Crippen LogP contribution in [0.5, 0.6) is 5.75 Å². The number of benzene rings is 1. The summed E-state index contributed by atoms with van der Waals surface area (Å²) in [5.41, 5.74) is 1.05. The van der Waals surface area contributed by atoms with E-state index in [2.05, 4.69) is 5.32 Å². The third-order valence-electron chi connectivity index (χ3n) is 2.31. The molecular formula is C12H16ClNO2. The van der Waals surface area contributed by atoms with Crippen LogP contribution in [0.25, 0.3) is 0 Å². The van der Waals surface area contributed by atoms with Crippen molar-refractivity contribution in [3.05, 3.63) is 29.8 Å². The van der Waals surface area contributed by atoms with E-state index in [-0.39, 0.29) is 11.9 Å². The fourth-order valence-electron chi connectivity index (χ4n) is 1.38. The number of ether oxygens (including phenoxy) is 1. The quantitative estimate of drug-likeness (QED) is 0.805. The van der Waals surface area contributed by atoms with Gasteiger partial charge in [-0.25, -0.2) is 0 Å². The van der Waals surface area contributed by atoms with Gasteiger partial charge in [-0.3, -0.25) is 4.79 Å². The molecule has 0 aliphatic rings. The van der Waals surface area contributed by atoms with Crippen molar-refractivity contribution in [3.8, 4) is 5.75 Å². The molecule has 0 saturated heterocycles. The van der Waals surface area contributed by atoms with E-state index in [4.69, 9.17) is 16.3 Å². The van der Waals surface area contributed by atoms with E-state index in [1.54, 1.807) is 7.11 Å². The van der Waals surface area contributed by atoms with Crippen LogP contribution in [0.2, 0.25) is 0 Å². The molecule has 1 aromatic rings. The Morgan fingerprint density at radius 1 is 1.44 bits per heavy atom. The Kier molecular flexibility index (Phi) is 5.12. The van der Waals surface area contributed by atoms with E-state index in [9.17, 15) is 4.79 Å². The van der Waals surface area contributed by atoms with Gasteiger partial charge in [0.25, 0.3) is 0 Å². The van der Waals surface area contributed by atoms with Gasteiger partial charge in [0, 0.05) is 12.3 Å². The fraction of sp³-hybridized carbons (Fsp3) is 0.417. The number of hydrogen-bond donors (Lipinski definition) is 1. The van der Waals surface area contributed by atoms with Gasteiger partial charge < -0.3 is 10.1 Å². The Morgan fingerprint density at radius 2 is 2.06 bits per heavy atom. The van der Waals surface area contributed by atoms with Gasteiger partial charge in [0.05, 0.1) is 13.2 Å². The first-order valence-corrected chi connectivity index (χ1v) is 5.70. The van der Waals surface area contributed by atoms with Crippen molar-refractivity contribution in [3.63, 3.8) is 0 Å². The number of methoxy groups -OCH3 is 1. The highest BCUT2D eigenvalue weighted by molar-refractivity contribution is 6.18. The summed E-state index contributed by atoms with van der Waals surface area (Å²) in [6.45, 7) is 1.94. The maximum Gasteiger partial charge on any atom is 0.221 e. The average molecular weight is 242 g/mol. The van der Waals surface area contributed by atoms with Crippen LogP contribution in [-0.4, -0.2) is 18.9 Å². The number of amides is 1. The van der Waals surface area contributed by atoms with Crippen LogP contribution in [0.4, 0.5) is 0 Å². The van der Waals surface area contributed by atoms with Crippen LogP contribution in [-0.2, 0) is 4.79 Å². The van der Waals surface area contributed by atoms with Gasteiger partial charge in [-0.05, 0) is 24.6 Å². The molecule has 1 rings (SSSR count). The van der Waals surface area contributed by atoms with E-state index in [1.807, 2.05) is 31.2 Å². The normalized spacial score (nSPS) is 11.9. The van der Waals surface area contributed by atoms with Gasteiger partial charge >= 0.3 is 0 Å². The van der Waals surface area contributed by atoms with E-state index in [0.717, 1.165) is 11.3 Å². The van der Waals surface area contributed by atoms with Crippen LogP contribution in [0.3, 0.4) is 0 Å². The van der Waals surface area contributed by atoms with E-state index in [1.165, 1.54) is 0 Å². The third kappa shape index (κ3) is 3.74. The van der Waals surface area contributed by atoms with Gasteiger partial charge in [0.1, 0.15) is 5.75 Å². The minimum absolute atomic E-state index is 0.0124. The molecule has 0 aliphatic carbocycles. The Morgan fingerprint density at radius 3 is 2.56 bits per heavy atom. The van der Waals surface area contributed by atoms with Crippen LogP contribution >= 0.6 is 11.6 Å². The molecule has 88 valence electrons. The lowest BCUT2D eigenvalue weighted by atomic mass is 10.1. The summed E-state index contributed by atoms with van der Waals surface area (Å²) < 4.78 is 5.06. The number of alkyl halides is 1. The van der Waals surface area contributed by atoms with E-state index >= 15 is 0 Å². The molecule has 0 heterocycles. The number of carbonyl (C=O) groups excluding carboxylic acids is 1. The van der Waals surface area contributed by atoms with E-state index < -0.39 is 0 Å². The first-order chi connectivity index (χ1) is 7.67. The van der Waals surface area contributed by atoms with Crippen molar-refractivity contribution in [1.82, 2.24) is 5.32 Å². The molecule has 4 heteroatoms. The second kappa shape index (κ2) is 6.38. The Labute approximate surface area is 101 Å². The zero-order valence-corrected chi connectivity index (χ0v) is 10.3. The maximum absolute atomic E-state index is 11.3. The van der Waals surface area contributed by atoms with Crippen molar-refractivity contribution in [2.75, 3.05) is 13.0 Å². The average Bonchev–Trinajstić information content (AvgIpc) is 2.29. The topological polar surface area (TPSA) is 38.3 Å². The largest absolute Gasteiger partial charge is 0.497 e. The lowest BCUT2D eigenvalue weighted by Crippen LogP contribution is -2.26. The summed E-state index contributed by atoms with van der Waals surface area (Å²) in [6, 6.07) is 7.61. The molecule has 1 aromatic carbocycles. The first kappa shape index (κ1) is 12.8. The molecule has 0 aliphatic heterocycles. The van der Waals surface area contributed by atoms with Crippen LogP contribution in [0.15, 0.2) is 24.3 Å². The third-order valence-corrected chi connectivity index (χ3v) is 2.50. The van der Waals surface area contributed by atoms with Crippen molar-refractivity contribution in [1.29, 1.82) is 0 Å². The number of nitrogens with one attached hydrogen (secondary N) is 1. The van der Waals surface area contributed by atoms with Gasteiger partial charge in [-0.2, -0.15) is 0 Å². The highest BCUT2D eigenvalue weighted by Crippen LogP contribution is 2.17. The van der Waals surface area contributed by atoms with Gasteiger partial charge in [0.2, 0.25) is 5.91 Å². The second-order valence-electron chi connectivity index (χ2n) is 3.50. The molecular weight excluding hydrogens is 226 g/mol. The van der Waals surface area contributed by atoms with Crippen molar-refractivity contribution in [2.45, 2.75) is 19.4 Å².